The van der Waals surface area contributed by atoms with E-state index in [0.29, 0.717) is 6.61 Å². The predicted molar refractivity (Wildman–Crippen MR) is 72.5 cm³/mol. The van der Waals surface area contributed by atoms with Crippen LogP contribution >= 0.6 is 0 Å². The summed E-state index contributed by atoms with van der Waals surface area (Å²) in [6.45, 7) is 4.89. The molecule has 3 heteroatoms. The normalized spacial score (nSPS) is 17.3. The van der Waals surface area contributed by atoms with Gasteiger partial charge in [0.2, 0.25) is 0 Å². The third-order valence-electron chi connectivity index (χ3n) is 3.64. The number of rotatable bonds is 5. The van der Waals surface area contributed by atoms with E-state index < -0.39 is 0 Å². The van der Waals surface area contributed by atoms with Crippen molar-refractivity contribution in [2.45, 2.75) is 45.1 Å². The summed E-state index contributed by atoms with van der Waals surface area (Å²) in [6.07, 6.45) is 4.98. The SMILES string of the molecule is CCOc1cc(N)cc(NC2(CC)CCC2)c1. The van der Waals surface area contributed by atoms with Crippen molar-refractivity contribution in [3.8, 4) is 5.75 Å². The molecule has 1 aliphatic carbocycles. The van der Waals surface area contributed by atoms with Crippen LogP contribution < -0.4 is 15.8 Å². The standard InChI is InChI=1S/C14H22N2O/c1-3-14(6-5-7-14)16-12-8-11(15)9-13(10-12)17-4-2/h8-10,16H,3-7,15H2,1-2H3. The second-order valence-electron chi connectivity index (χ2n) is 4.84. The van der Waals surface area contributed by atoms with Crippen molar-refractivity contribution in [3.05, 3.63) is 18.2 Å². The zero-order valence-electron chi connectivity index (χ0n) is 10.8. The maximum absolute atomic E-state index is 5.89. The van der Waals surface area contributed by atoms with Gasteiger partial charge >= 0.3 is 0 Å². The predicted octanol–water partition coefficient (Wildman–Crippen LogP) is 3.41. The maximum atomic E-state index is 5.89. The topological polar surface area (TPSA) is 47.3 Å². The third kappa shape index (κ3) is 2.65. The Hall–Kier alpha value is -1.38. The Morgan fingerprint density at radius 2 is 2.06 bits per heavy atom. The van der Waals surface area contributed by atoms with Gasteiger partial charge in [0.25, 0.3) is 0 Å². The van der Waals surface area contributed by atoms with Crippen molar-refractivity contribution in [1.29, 1.82) is 0 Å². The van der Waals surface area contributed by atoms with Gasteiger partial charge in [-0.2, -0.15) is 0 Å². The van der Waals surface area contributed by atoms with Crippen molar-refractivity contribution in [1.82, 2.24) is 0 Å². The number of anilines is 2. The van der Waals surface area contributed by atoms with Gasteiger partial charge < -0.3 is 15.8 Å². The summed E-state index contributed by atoms with van der Waals surface area (Å²) < 4.78 is 5.51. The highest BCUT2D eigenvalue weighted by Crippen LogP contribution is 2.38. The van der Waals surface area contributed by atoms with Crippen LogP contribution in [-0.2, 0) is 0 Å². The molecule has 0 radical (unpaired) electrons. The molecule has 0 aromatic heterocycles. The molecule has 1 fully saturated rings. The van der Waals surface area contributed by atoms with E-state index in [4.69, 9.17) is 10.5 Å². The largest absolute Gasteiger partial charge is 0.494 e. The first kappa shape index (κ1) is 12.1. The zero-order valence-corrected chi connectivity index (χ0v) is 10.8. The fourth-order valence-electron chi connectivity index (χ4n) is 2.42. The molecule has 3 nitrogen and oxygen atoms in total. The molecule has 1 aliphatic rings. The van der Waals surface area contributed by atoms with Gasteiger partial charge in [-0.15, -0.1) is 0 Å². The summed E-state index contributed by atoms with van der Waals surface area (Å²) in [4.78, 5) is 0. The molecule has 0 aliphatic heterocycles. The van der Waals surface area contributed by atoms with Gasteiger partial charge in [0.1, 0.15) is 5.75 Å². The third-order valence-corrected chi connectivity index (χ3v) is 3.64. The lowest BCUT2D eigenvalue weighted by atomic mass is 9.74. The molecule has 0 heterocycles. The number of nitrogen functional groups attached to an aromatic ring is 1. The molecular weight excluding hydrogens is 212 g/mol. The smallest absolute Gasteiger partial charge is 0.123 e. The Bertz CT molecular complexity index is 380. The van der Waals surface area contributed by atoms with Crippen LogP contribution in [0.15, 0.2) is 18.2 Å². The highest BCUT2D eigenvalue weighted by molar-refractivity contribution is 5.60. The van der Waals surface area contributed by atoms with Crippen molar-refractivity contribution < 1.29 is 4.74 Å². The number of benzene rings is 1. The van der Waals surface area contributed by atoms with Gasteiger partial charge in [-0.1, -0.05) is 6.92 Å². The van der Waals surface area contributed by atoms with Crippen LogP contribution in [0.5, 0.6) is 5.75 Å². The van der Waals surface area contributed by atoms with Gasteiger partial charge in [-0.3, -0.25) is 0 Å². The van der Waals surface area contributed by atoms with Crippen molar-refractivity contribution in [2.24, 2.45) is 0 Å². The van der Waals surface area contributed by atoms with Crippen molar-refractivity contribution >= 4 is 11.4 Å². The second-order valence-corrected chi connectivity index (χ2v) is 4.84. The quantitative estimate of drug-likeness (QED) is 0.767. The van der Waals surface area contributed by atoms with E-state index in [0.717, 1.165) is 23.5 Å². The van der Waals surface area contributed by atoms with E-state index in [-0.39, 0.29) is 5.54 Å². The van der Waals surface area contributed by atoms with E-state index in [1.807, 2.05) is 25.1 Å². The molecule has 17 heavy (non-hydrogen) atoms. The summed E-state index contributed by atoms with van der Waals surface area (Å²) in [5.41, 5.74) is 8.01. The van der Waals surface area contributed by atoms with Gasteiger partial charge in [-0.05, 0) is 38.7 Å². The Balaban J connectivity index is 2.14. The van der Waals surface area contributed by atoms with Crippen LogP contribution in [0.25, 0.3) is 0 Å². The summed E-state index contributed by atoms with van der Waals surface area (Å²) in [7, 11) is 0. The molecule has 1 aromatic rings. The van der Waals surface area contributed by atoms with Gasteiger partial charge in [0, 0.05) is 29.0 Å². The first-order chi connectivity index (χ1) is 8.17. The Morgan fingerprint density at radius 3 is 2.59 bits per heavy atom. The summed E-state index contributed by atoms with van der Waals surface area (Å²) >= 11 is 0. The number of nitrogens with two attached hydrogens (primary N) is 1. The van der Waals surface area contributed by atoms with Crippen molar-refractivity contribution in [2.75, 3.05) is 17.7 Å². The minimum absolute atomic E-state index is 0.289. The summed E-state index contributed by atoms with van der Waals surface area (Å²) in [6, 6.07) is 5.89. The van der Waals surface area contributed by atoms with Crippen LogP contribution in [0.2, 0.25) is 0 Å². The summed E-state index contributed by atoms with van der Waals surface area (Å²) in [5.74, 6) is 0.848. The van der Waals surface area contributed by atoms with E-state index in [2.05, 4.69) is 12.2 Å². The lowest BCUT2D eigenvalue weighted by Crippen LogP contribution is -2.44. The number of hydrogen-bond donors (Lipinski definition) is 2. The van der Waals surface area contributed by atoms with Crippen LogP contribution in [0, 0.1) is 0 Å². The average molecular weight is 234 g/mol. The molecule has 2 rings (SSSR count). The van der Waals surface area contributed by atoms with Gasteiger partial charge in [-0.25, -0.2) is 0 Å². The molecular formula is C14H22N2O. The molecule has 0 unspecified atom stereocenters. The van der Waals surface area contributed by atoms with Crippen LogP contribution in [0.4, 0.5) is 11.4 Å². The van der Waals surface area contributed by atoms with Crippen molar-refractivity contribution in [3.63, 3.8) is 0 Å². The Kier molecular flexibility index (Phi) is 3.46. The molecule has 94 valence electrons. The molecule has 0 atom stereocenters. The monoisotopic (exact) mass is 234 g/mol. The molecule has 0 amide bonds. The first-order valence-electron chi connectivity index (χ1n) is 6.49. The van der Waals surface area contributed by atoms with E-state index >= 15 is 0 Å². The van der Waals surface area contributed by atoms with Crippen LogP contribution in [0.1, 0.15) is 39.5 Å². The fraction of sp³-hybridized carbons (Fsp3) is 0.571. The average Bonchev–Trinajstić information content (AvgIpc) is 2.23. The number of ether oxygens (including phenoxy) is 1. The van der Waals surface area contributed by atoms with Gasteiger partial charge in [0.05, 0.1) is 6.61 Å². The lowest BCUT2D eigenvalue weighted by molar-refractivity contribution is 0.269. The number of hydrogen-bond acceptors (Lipinski definition) is 3. The highest BCUT2D eigenvalue weighted by Gasteiger charge is 2.34. The molecule has 3 N–H and O–H groups in total. The maximum Gasteiger partial charge on any atom is 0.123 e. The number of nitrogens with one attached hydrogen (secondary N) is 1. The Morgan fingerprint density at radius 1 is 1.29 bits per heavy atom. The molecule has 0 bridgehead atoms. The van der Waals surface area contributed by atoms with Crippen LogP contribution in [0.3, 0.4) is 0 Å². The fourth-order valence-corrected chi connectivity index (χ4v) is 2.42. The van der Waals surface area contributed by atoms with E-state index in [1.165, 1.54) is 19.3 Å². The summed E-state index contributed by atoms with van der Waals surface area (Å²) in [5, 5.41) is 3.62. The molecule has 0 spiro atoms. The zero-order chi connectivity index (χ0) is 12.3. The van der Waals surface area contributed by atoms with Gasteiger partial charge in [0.15, 0.2) is 0 Å². The molecule has 1 aromatic carbocycles. The lowest BCUT2D eigenvalue weighted by Gasteiger charge is -2.43. The minimum Gasteiger partial charge on any atom is -0.494 e. The second kappa shape index (κ2) is 4.86. The highest BCUT2D eigenvalue weighted by atomic mass is 16.5. The molecule has 0 saturated heterocycles. The Labute approximate surface area is 103 Å². The first-order valence-corrected chi connectivity index (χ1v) is 6.49. The van der Waals surface area contributed by atoms with E-state index in [1.54, 1.807) is 0 Å². The molecule has 1 saturated carbocycles. The van der Waals surface area contributed by atoms with Crippen LogP contribution in [-0.4, -0.2) is 12.1 Å². The minimum atomic E-state index is 0.289. The van der Waals surface area contributed by atoms with E-state index in [9.17, 15) is 0 Å².